The van der Waals surface area contributed by atoms with Crippen molar-refractivity contribution < 1.29 is 0 Å². The molecule has 14 heavy (non-hydrogen) atoms. The molecule has 1 aliphatic carbocycles. The van der Waals surface area contributed by atoms with Crippen LogP contribution in [0.4, 0.5) is 0 Å². The average Bonchev–Trinajstić information content (AvgIpc) is 2.72. The van der Waals surface area contributed by atoms with E-state index in [0.29, 0.717) is 0 Å². The second-order valence-corrected chi connectivity index (χ2v) is 5.08. The highest BCUT2D eigenvalue weighted by molar-refractivity contribution is 5.28. The summed E-state index contributed by atoms with van der Waals surface area (Å²) in [4.78, 5) is 0. The molecular formula is C11H19N3. The van der Waals surface area contributed by atoms with Gasteiger partial charge in [-0.3, -0.25) is 4.68 Å². The van der Waals surface area contributed by atoms with Gasteiger partial charge in [0.2, 0.25) is 0 Å². The molecule has 1 fully saturated rings. The molecule has 0 aromatic carbocycles. The second-order valence-electron chi connectivity index (χ2n) is 5.08. The van der Waals surface area contributed by atoms with Gasteiger partial charge in [-0.1, -0.05) is 13.8 Å². The molecule has 3 nitrogen and oxygen atoms in total. The Morgan fingerprint density at radius 1 is 1.50 bits per heavy atom. The Morgan fingerprint density at radius 2 is 2.07 bits per heavy atom. The minimum atomic E-state index is -0.00671. The van der Waals surface area contributed by atoms with Crippen molar-refractivity contribution in [2.24, 2.45) is 12.8 Å². The van der Waals surface area contributed by atoms with E-state index in [1.807, 2.05) is 18.7 Å². The van der Waals surface area contributed by atoms with Gasteiger partial charge in [-0.25, -0.2) is 0 Å². The highest BCUT2D eigenvalue weighted by atomic mass is 15.3. The molecule has 0 bridgehead atoms. The molecule has 1 aromatic heterocycles. The molecule has 3 heteroatoms. The molecule has 0 amide bonds. The first kappa shape index (κ1) is 9.71. The lowest BCUT2D eigenvalue weighted by molar-refractivity contribution is 0.365. The first-order chi connectivity index (χ1) is 6.37. The van der Waals surface area contributed by atoms with Crippen molar-refractivity contribution in [3.63, 3.8) is 0 Å². The quantitative estimate of drug-likeness (QED) is 0.773. The van der Waals surface area contributed by atoms with Crippen LogP contribution in [0.1, 0.15) is 38.1 Å². The minimum Gasteiger partial charge on any atom is -0.324 e. The standard InChI is InChI=1S/C11H19N3/c1-8-7-9(14(4)13-8)10(2,3)11(12)5-6-11/h7H,5-6,12H2,1-4H3. The minimum absolute atomic E-state index is 0.00671. The van der Waals surface area contributed by atoms with Crippen molar-refractivity contribution in [2.45, 2.75) is 44.6 Å². The Kier molecular flexibility index (Phi) is 1.80. The van der Waals surface area contributed by atoms with Gasteiger partial charge in [-0.2, -0.15) is 5.10 Å². The molecule has 0 aliphatic heterocycles. The molecule has 1 aliphatic rings. The van der Waals surface area contributed by atoms with Crippen LogP contribution in [0.3, 0.4) is 0 Å². The molecule has 0 saturated heterocycles. The molecule has 0 atom stereocenters. The van der Waals surface area contributed by atoms with Gasteiger partial charge < -0.3 is 5.73 Å². The Balaban J connectivity index is 2.43. The number of hydrogen-bond donors (Lipinski definition) is 1. The summed E-state index contributed by atoms with van der Waals surface area (Å²) < 4.78 is 1.96. The average molecular weight is 193 g/mol. The first-order valence-electron chi connectivity index (χ1n) is 5.17. The third-order valence-corrected chi connectivity index (χ3v) is 3.68. The van der Waals surface area contributed by atoms with E-state index in [0.717, 1.165) is 18.5 Å². The van der Waals surface area contributed by atoms with E-state index in [2.05, 4.69) is 25.0 Å². The lowest BCUT2D eigenvalue weighted by Crippen LogP contribution is -2.44. The van der Waals surface area contributed by atoms with Crippen molar-refractivity contribution in [3.05, 3.63) is 17.5 Å². The van der Waals surface area contributed by atoms with Crippen molar-refractivity contribution >= 4 is 0 Å². The van der Waals surface area contributed by atoms with E-state index < -0.39 is 0 Å². The summed E-state index contributed by atoms with van der Waals surface area (Å²) >= 11 is 0. The summed E-state index contributed by atoms with van der Waals surface area (Å²) in [6, 6.07) is 2.15. The maximum absolute atomic E-state index is 6.29. The third-order valence-electron chi connectivity index (χ3n) is 3.68. The van der Waals surface area contributed by atoms with Gasteiger partial charge in [-0.05, 0) is 25.8 Å². The topological polar surface area (TPSA) is 43.8 Å². The van der Waals surface area contributed by atoms with Gasteiger partial charge in [0.05, 0.1) is 5.69 Å². The third kappa shape index (κ3) is 1.19. The zero-order valence-electron chi connectivity index (χ0n) is 9.46. The highest BCUT2D eigenvalue weighted by Crippen LogP contribution is 2.48. The predicted octanol–water partition coefficient (Wildman–Crippen LogP) is 1.50. The molecule has 0 radical (unpaired) electrons. The maximum Gasteiger partial charge on any atom is 0.0596 e. The summed E-state index contributed by atoms with van der Waals surface area (Å²) in [5.41, 5.74) is 8.63. The molecule has 2 rings (SSSR count). The van der Waals surface area contributed by atoms with Crippen LogP contribution in [0, 0.1) is 6.92 Å². The van der Waals surface area contributed by atoms with Crippen molar-refractivity contribution in [2.75, 3.05) is 0 Å². The number of nitrogens with zero attached hydrogens (tertiary/aromatic N) is 2. The molecule has 2 N–H and O–H groups in total. The van der Waals surface area contributed by atoms with Gasteiger partial charge in [0.15, 0.2) is 0 Å². The monoisotopic (exact) mass is 193 g/mol. The lowest BCUT2D eigenvalue weighted by atomic mass is 9.79. The van der Waals surface area contributed by atoms with Crippen LogP contribution in [-0.4, -0.2) is 15.3 Å². The Hall–Kier alpha value is -0.830. The molecule has 1 heterocycles. The van der Waals surface area contributed by atoms with Crippen LogP contribution in [0.15, 0.2) is 6.07 Å². The van der Waals surface area contributed by atoms with Crippen molar-refractivity contribution in [1.29, 1.82) is 0 Å². The summed E-state index contributed by atoms with van der Waals surface area (Å²) in [6.45, 7) is 6.46. The van der Waals surface area contributed by atoms with Crippen LogP contribution in [-0.2, 0) is 12.5 Å². The fourth-order valence-electron chi connectivity index (χ4n) is 2.21. The van der Waals surface area contributed by atoms with Crippen LogP contribution >= 0.6 is 0 Å². The molecule has 0 spiro atoms. The molecule has 1 aromatic rings. The van der Waals surface area contributed by atoms with E-state index in [1.165, 1.54) is 5.69 Å². The fraction of sp³-hybridized carbons (Fsp3) is 0.727. The number of nitrogens with two attached hydrogens (primary N) is 1. The molecular weight excluding hydrogens is 174 g/mol. The summed E-state index contributed by atoms with van der Waals surface area (Å²) in [5, 5.41) is 4.38. The number of aryl methyl sites for hydroxylation is 2. The highest BCUT2D eigenvalue weighted by Gasteiger charge is 2.53. The van der Waals surface area contributed by atoms with Gasteiger partial charge in [0.1, 0.15) is 0 Å². The van der Waals surface area contributed by atoms with E-state index in [-0.39, 0.29) is 11.0 Å². The zero-order valence-corrected chi connectivity index (χ0v) is 9.46. The van der Waals surface area contributed by atoms with E-state index in [4.69, 9.17) is 5.73 Å². The molecule has 78 valence electrons. The van der Waals surface area contributed by atoms with Crippen molar-refractivity contribution in [1.82, 2.24) is 9.78 Å². The number of hydrogen-bond acceptors (Lipinski definition) is 2. The fourth-order valence-corrected chi connectivity index (χ4v) is 2.21. The van der Waals surface area contributed by atoms with E-state index in [9.17, 15) is 0 Å². The van der Waals surface area contributed by atoms with Gasteiger partial charge >= 0.3 is 0 Å². The predicted molar refractivity (Wildman–Crippen MR) is 57.1 cm³/mol. The van der Waals surface area contributed by atoms with Gasteiger partial charge in [-0.15, -0.1) is 0 Å². The Labute approximate surface area is 85.3 Å². The van der Waals surface area contributed by atoms with Crippen LogP contribution in [0.2, 0.25) is 0 Å². The van der Waals surface area contributed by atoms with Gasteiger partial charge in [0.25, 0.3) is 0 Å². The smallest absolute Gasteiger partial charge is 0.0596 e. The maximum atomic E-state index is 6.29. The molecule has 0 unspecified atom stereocenters. The number of aromatic nitrogens is 2. The lowest BCUT2D eigenvalue weighted by Gasteiger charge is -2.31. The van der Waals surface area contributed by atoms with Crippen LogP contribution in [0.25, 0.3) is 0 Å². The SMILES string of the molecule is Cc1cc(C(C)(C)C2(N)CC2)n(C)n1. The van der Waals surface area contributed by atoms with Crippen LogP contribution < -0.4 is 5.73 Å². The zero-order chi connectivity index (χ0) is 10.6. The second kappa shape index (κ2) is 2.60. The normalized spacial score (nSPS) is 19.8. The van der Waals surface area contributed by atoms with E-state index >= 15 is 0 Å². The summed E-state index contributed by atoms with van der Waals surface area (Å²) in [7, 11) is 2.00. The number of rotatable bonds is 2. The first-order valence-corrected chi connectivity index (χ1v) is 5.17. The Bertz CT molecular complexity index is 359. The van der Waals surface area contributed by atoms with Gasteiger partial charge in [0, 0.05) is 23.7 Å². The van der Waals surface area contributed by atoms with Crippen LogP contribution in [0.5, 0.6) is 0 Å². The summed E-state index contributed by atoms with van der Waals surface area (Å²) in [5.74, 6) is 0. The van der Waals surface area contributed by atoms with E-state index in [1.54, 1.807) is 0 Å². The van der Waals surface area contributed by atoms with Crippen molar-refractivity contribution in [3.8, 4) is 0 Å². The largest absolute Gasteiger partial charge is 0.324 e. The Morgan fingerprint density at radius 3 is 2.43 bits per heavy atom. The molecule has 1 saturated carbocycles. The summed E-state index contributed by atoms with van der Waals surface area (Å²) in [6.07, 6.45) is 2.26.